The molecule has 0 rings (SSSR count). The Morgan fingerprint density at radius 1 is 1.27 bits per heavy atom. The first-order valence-corrected chi connectivity index (χ1v) is 5.36. The molecule has 0 unspecified atom stereocenters. The first-order valence-electron chi connectivity index (χ1n) is 5.36. The van der Waals surface area contributed by atoms with Gasteiger partial charge >= 0.3 is 0 Å². The highest BCUT2D eigenvalue weighted by atomic mass is 16.5. The van der Waals surface area contributed by atoms with E-state index in [1.807, 2.05) is 12.2 Å². The fourth-order valence-electron chi connectivity index (χ4n) is 1.70. The quantitative estimate of drug-likeness (QED) is 0.428. The van der Waals surface area contributed by atoms with Gasteiger partial charge in [0.05, 0.1) is 11.5 Å². The first kappa shape index (κ1) is 13.9. The number of ether oxygens (including phenoxy) is 1. The average molecular weight is 207 g/mol. The van der Waals surface area contributed by atoms with Crippen LogP contribution in [0.15, 0.2) is 25.3 Å². The van der Waals surface area contributed by atoms with E-state index in [-0.39, 0.29) is 5.41 Å². The van der Waals surface area contributed by atoms with Crippen LogP contribution in [0.25, 0.3) is 0 Å². The van der Waals surface area contributed by atoms with Crippen LogP contribution in [-0.4, -0.2) is 13.7 Å². The van der Waals surface area contributed by atoms with E-state index in [9.17, 15) is 5.26 Å². The topological polar surface area (TPSA) is 33.0 Å². The smallest absolute Gasteiger partial charge is 0.0696 e. The summed E-state index contributed by atoms with van der Waals surface area (Å²) in [5, 5.41) is 9.22. The summed E-state index contributed by atoms with van der Waals surface area (Å²) in [6.07, 6.45) is 8.04. The molecule has 0 bridgehead atoms. The second kappa shape index (κ2) is 8.26. The third-order valence-electron chi connectivity index (χ3n) is 2.56. The molecule has 0 aromatic heterocycles. The Morgan fingerprint density at radius 2 is 1.87 bits per heavy atom. The predicted molar refractivity (Wildman–Crippen MR) is 63.4 cm³/mol. The normalized spacial score (nSPS) is 10.7. The first-order chi connectivity index (χ1) is 7.24. The Hall–Kier alpha value is -1.07. The fraction of sp³-hybridized carbons (Fsp3) is 0.615. The van der Waals surface area contributed by atoms with E-state index in [0.29, 0.717) is 0 Å². The van der Waals surface area contributed by atoms with E-state index in [1.54, 1.807) is 7.11 Å². The van der Waals surface area contributed by atoms with E-state index < -0.39 is 0 Å². The maximum absolute atomic E-state index is 9.22. The highest BCUT2D eigenvalue weighted by molar-refractivity contribution is 5.05. The van der Waals surface area contributed by atoms with Gasteiger partial charge in [-0.15, -0.1) is 13.2 Å². The Morgan fingerprint density at radius 3 is 2.27 bits per heavy atom. The SMILES string of the molecule is C=CCC(C#N)(CC=C)CCCCOC. The van der Waals surface area contributed by atoms with Gasteiger partial charge in [-0.05, 0) is 32.1 Å². The molecule has 0 fully saturated rings. The van der Waals surface area contributed by atoms with Crippen molar-refractivity contribution in [3.05, 3.63) is 25.3 Å². The Labute approximate surface area is 93.2 Å². The summed E-state index contributed by atoms with van der Waals surface area (Å²) in [7, 11) is 1.70. The lowest BCUT2D eigenvalue weighted by atomic mass is 9.78. The minimum absolute atomic E-state index is 0.294. The van der Waals surface area contributed by atoms with Crippen molar-refractivity contribution in [1.82, 2.24) is 0 Å². The van der Waals surface area contributed by atoms with E-state index in [1.165, 1.54) is 0 Å². The molecule has 0 amide bonds. The van der Waals surface area contributed by atoms with Crippen LogP contribution in [0.2, 0.25) is 0 Å². The van der Waals surface area contributed by atoms with Crippen LogP contribution in [0.3, 0.4) is 0 Å². The average Bonchev–Trinajstić information content (AvgIpc) is 2.25. The molecular formula is C13H21NO. The van der Waals surface area contributed by atoms with E-state index in [4.69, 9.17) is 4.74 Å². The van der Waals surface area contributed by atoms with Gasteiger partial charge in [-0.3, -0.25) is 0 Å². The van der Waals surface area contributed by atoms with Gasteiger partial charge in [0.15, 0.2) is 0 Å². The molecule has 0 aromatic carbocycles. The summed E-state index contributed by atoms with van der Waals surface area (Å²) in [6, 6.07) is 2.41. The van der Waals surface area contributed by atoms with Crippen molar-refractivity contribution in [1.29, 1.82) is 5.26 Å². The minimum atomic E-state index is -0.294. The molecule has 0 aliphatic rings. The summed E-state index contributed by atoms with van der Waals surface area (Å²) < 4.78 is 4.99. The Bertz CT molecular complexity index is 217. The standard InChI is InChI=1S/C13H21NO/c1-4-8-13(12-14,9-5-2)10-6-7-11-15-3/h4-5H,1-2,6-11H2,3H3. The highest BCUT2D eigenvalue weighted by Gasteiger charge is 2.26. The van der Waals surface area contributed by atoms with Crippen LogP contribution >= 0.6 is 0 Å². The molecule has 84 valence electrons. The molecule has 0 aromatic rings. The molecule has 0 saturated heterocycles. The van der Waals surface area contributed by atoms with Crippen LogP contribution in [0, 0.1) is 16.7 Å². The molecule has 0 spiro atoms. The number of nitriles is 1. The van der Waals surface area contributed by atoms with Crippen LogP contribution in [0.5, 0.6) is 0 Å². The van der Waals surface area contributed by atoms with Crippen LogP contribution in [0.1, 0.15) is 32.1 Å². The second-order valence-corrected chi connectivity index (χ2v) is 3.83. The summed E-state index contributed by atoms with van der Waals surface area (Å²) in [6.45, 7) is 8.19. The molecule has 15 heavy (non-hydrogen) atoms. The fourth-order valence-corrected chi connectivity index (χ4v) is 1.70. The summed E-state index contributed by atoms with van der Waals surface area (Å²) in [5.41, 5.74) is -0.294. The number of hydrogen-bond acceptors (Lipinski definition) is 2. The van der Waals surface area contributed by atoms with Crippen LogP contribution in [-0.2, 0) is 4.74 Å². The lowest BCUT2D eigenvalue weighted by Gasteiger charge is -2.23. The van der Waals surface area contributed by atoms with Crippen LogP contribution in [0.4, 0.5) is 0 Å². The van der Waals surface area contributed by atoms with Crippen molar-refractivity contribution < 1.29 is 4.74 Å². The van der Waals surface area contributed by atoms with Crippen molar-refractivity contribution in [3.63, 3.8) is 0 Å². The zero-order chi connectivity index (χ0) is 11.6. The molecular weight excluding hydrogens is 186 g/mol. The molecule has 2 nitrogen and oxygen atoms in total. The Kier molecular flexibility index (Phi) is 7.67. The molecule has 0 atom stereocenters. The van der Waals surface area contributed by atoms with Gasteiger partial charge in [0.25, 0.3) is 0 Å². The number of methoxy groups -OCH3 is 1. The molecule has 0 aliphatic carbocycles. The number of unbranched alkanes of at least 4 members (excludes halogenated alkanes) is 1. The van der Waals surface area contributed by atoms with Crippen molar-refractivity contribution in [3.8, 4) is 6.07 Å². The second-order valence-electron chi connectivity index (χ2n) is 3.83. The number of nitrogens with zero attached hydrogens (tertiary/aromatic N) is 1. The zero-order valence-electron chi connectivity index (χ0n) is 9.67. The predicted octanol–water partition coefficient (Wildman–Crippen LogP) is 3.47. The van der Waals surface area contributed by atoms with Gasteiger partial charge in [0.1, 0.15) is 0 Å². The van der Waals surface area contributed by atoms with Crippen molar-refractivity contribution in [2.45, 2.75) is 32.1 Å². The molecule has 0 saturated carbocycles. The van der Waals surface area contributed by atoms with E-state index >= 15 is 0 Å². The number of rotatable bonds is 9. The van der Waals surface area contributed by atoms with Gasteiger partial charge in [-0.1, -0.05) is 12.2 Å². The Balaban J connectivity index is 4.16. The van der Waals surface area contributed by atoms with Gasteiger partial charge < -0.3 is 4.74 Å². The van der Waals surface area contributed by atoms with Gasteiger partial charge in [0, 0.05) is 13.7 Å². The highest BCUT2D eigenvalue weighted by Crippen LogP contribution is 2.32. The van der Waals surface area contributed by atoms with Gasteiger partial charge in [0.2, 0.25) is 0 Å². The lowest BCUT2D eigenvalue weighted by Crippen LogP contribution is -2.17. The molecule has 0 aliphatic heterocycles. The van der Waals surface area contributed by atoms with Gasteiger partial charge in [-0.2, -0.15) is 5.26 Å². The molecule has 2 heteroatoms. The summed E-state index contributed by atoms with van der Waals surface area (Å²) >= 11 is 0. The van der Waals surface area contributed by atoms with Crippen molar-refractivity contribution in [2.24, 2.45) is 5.41 Å². The van der Waals surface area contributed by atoms with E-state index in [2.05, 4.69) is 19.2 Å². The lowest BCUT2D eigenvalue weighted by molar-refractivity contribution is 0.187. The molecule has 0 N–H and O–H groups in total. The number of allylic oxidation sites excluding steroid dienone is 2. The minimum Gasteiger partial charge on any atom is -0.385 e. The maximum Gasteiger partial charge on any atom is 0.0696 e. The summed E-state index contributed by atoms with van der Waals surface area (Å²) in [5.74, 6) is 0. The third kappa shape index (κ3) is 5.39. The zero-order valence-corrected chi connectivity index (χ0v) is 9.67. The van der Waals surface area contributed by atoms with Gasteiger partial charge in [-0.25, -0.2) is 0 Å². The van der Waals surface area contributed by atoms with Crippen molar-refractivity contribution >= 4 is 0 Å². The van der Waals surface area contributed by atoms with E-state index in [0.717, 1.165) is 38.7 Å². The molecule has 0 heterocycles. The third-order valence-corrected chi connectivity index (χ3v) is 2.56. The number of hydrogen-bond donors (Lipinski definition) is 0. The largest absolute Gasteiger partial charge is 0.385 e. The monoisotopic (exact) mass is 207 g/mol. The van der Waals surface area contributed by atoms with Crippen molar-refractivity contribution in [2.75, 3.05) is 13.7 Å². The maximum atomic E-state index is 9.22. The van der Waals surface area contributed by atoms with Crippen LogP contribution < -0.4 is 0 Å². The summed E-state index contributed by atoms with van der Waals surface area (Å²) in [4.78, 5) is 0. The molecule has 0 radical (unpaired) electrons.